The van der Waals surface area contributed by atoms with Crippen molar-refractivity contribution in [1.82, 2.24) is 0 Å². The van der Waals surface area contributed by atoms with E-state index in [4.69, 9.17) is 9.33 Å². The average molecular weight is 446 g/mol. The zero-order valence-electron chi connectivity index (χ0n) is 15.8. The van der Waals surface area contributed by atoms with Gasteiger partial charge in [0.25, 0.3) is 10.1 Å². The van der Waals surface area contributed by atoms with Gasteiger partial charge >= 0.3 is 5.69 Å². The highest BCUT2D eigenvalue weighted by molar-refractivity contribution is 7.86. The van der Waals surface area contributed by atoms with Crippen LogP contribution in [0.5, 0.6) is 0 Å². The van der Waals surface area contributed by atoms with E-state index >= 15 is 0 Å². The molecular formula is C17H23N3O5S3. The smallest absolute Gasteiger partial charge is 0.303 e. The fourth-order valence-corrected chi connectivity index (χ4v) is 6.04. The second-order valence-corrected chi connectivity index (χ2v) is 10.5. The molecule has 1 fully saturated rings. The number of benzene rings is 1. The molecule has 8 nitrogen and oxygen atoms in total. The van der Waals surface area contributed by atoms with Crippen LogP contribution in [0.3, 0.4) is 0 Å². The zero-order valence-corrected chi connectivity index (χ0v) is 18.3. The minimum Gasteiger partial charge on any atom is -0.356 e. The van der Waals surface area contributed by atoms with Crippen LogP contribution in [-0.4, -0.2) is 42.5 Å². The molecule has 1 saturated heterocycles. The first-order valence-electron chi connectivity index (χ1n) is 8.41. The highest BCUT2D eigenvalue weighted by Gasteiger charge is 2.23. The van der Waals surface area contributed by atoms with E-state index in [1.807, 2.05) is 11.8 Å². The van der Waals surface area contributed by atoms with Crippen LogP contribution in [-0.2, 0) is 20.8 Å². The summed E-state index contributed by atoms with van der Waals surface area (Å²) in [4.78, 5) is 12.5. The third-order valence-corrected chi connectivity index (χ3v) is 7.66. The Balaban J connectivity index is 0.000000203. The van der Waals surface area contributed by atoms with Crippen molar-refractivity contribution in [2.45, 2.75) is 25.7 Å². The average Bonchev–Trinajstić information content (AvgIpc) is 3.03. The van der Waals surface area contributed by atoms with Gasteiger partial charge in [-0.15, -0.1) is 22.0 Å². The monoisotopic (exact) mass is 445 g/mol. The maximum absolute atomic E-state index is 10.9. The van der Waals surface area contributed by atoms with Gasteiger partial charge in [-0.2, -0.15) is 8.42 Å². The summed E-state index contributed by atoms with van der Waals surface area (Å²) in [6.07, 6.45) is 0. The van der Waals surface area contributed by atoms with Crippen molar-refractivity contribution < 1.29 is 17.9 Å². The van der Waals surface area contributed by atoms with E-state index in [1.165, 1.54) is 11.3 Å². The van der Waals surface area contributed by atoms with Crippen LogP contribution in [0.2, 0.25) is 0 Å². The van der Waals surface area contributed by atoms with Gasteiger partial charge in [-0.1, -0.05) is 17.7 Å². The SMILES string of the molecule is Cc1cc(C)c(S(=O)(=O)O)c(C)c1.N=S1CCN(c2sccc2[N+](=O)[O-])CC1. The van der Waals surface area contributed by atoms with E-state index in [2.05, 4.69) is 0 Å². The first kappa shape index (κ1) is 22.5. The summed E-state index contributed by atoms with van der Waals surface area (Å²) < 4.78 is 38.4. The standard InChI is InChI=1S/C9H12O3S.C8H11N3O2S2/c1-6-4-7(2)9(8(3)5-6)13(10,11)12;9-15-5-2-10(3-6-15)8-7(11(12)13)1-4-14-8/h4-5H,1-3H3,(H,10,11,12);1,4,9H,2-3,5-6H2. The van der Waals surface area contributed by atoms with Gasteiger partial charge in [0.1, 0.15) is 0 Å². The van der Waals surface area contributed by atoms with Crippen molar-refractivity contribution in [3.63, 3.8) is 0 Å². The number of hydrogen-bond donors (Lipinski definition) is 2. The maximum Gasteiger partial charge on any atom is 0.303 e. The summed E-state index contributed by atoms with van der Waals surface area (Å²) in [5.74, 6) is 1.66. The Morgan fingerprint density at radius 3 is 2.21 bits per heavy atom. The molecule has 1 aromatic carbocycles. The molecule has 0 atom stereocenters. The Kier molecular flexibility index (Phi) is 7.32. The van der Waals surface area contributed by atoms with Crippen molar-refractivity contribution in [3.05, 3.63) is 50.4 Å². The van der Waals surface area contributed by atoms with Crippen LogP contribution >= 0.6 is 11.3 Å². The maximum atomic E-state index is 10.9. The van der Waals surface area contributed by atoms with Gasteiger partial charge in [-0.25, -0.2) is 0 Å². The lowest BCUT2D eigenvalue weighted by Gasteiger charge is -2.27. The molecule has 1 aliphatic heterocycles. The fraction of sp³-hybridized carbons (Fsp3) is 0.412. The van der Waals surface area contributed by atoms with Crippen LogP contribution < -0.4 is 4.90 Å². The van der Waals surface area contributed by atoms with Gasteiger partial charge in [0.15, 0.2) is 5.00 Å². The van der Waals surface area contributed by atoms with Gasteiger partial charge in [-0.05, 0) is 37.3 Å². The quantitative estimate of drug-likeness (QED) is 0.421. The molecule has 28 heavy (non-hydrogen) atoms. The van der Waals surface area contributed by atoms with Gasteiger partial charge in [0.05, 0.1) is 9.82 Å². The van der Waals surface area contributed by atoms with Crippen LogP contribution in [0.4, 0.5) is 10.7 Å². The number of nitrogens with zero attached hydrogens (tertiary/aromatic N) is 2. The number of rotatable bonds is 3. The summed E-state index contributed by atoms with van der Waals surface area (Å²) in [6, 6.07) is 5.02. The second-order valence-electron chi connectivity index (χ2n) is 6.46. The number of aryl methyl sites for hydroxylation is 3. The summed E-state index contributed by atoms with van der Waals surface area (Å²) in [5.41, 5.74) is 2.36. The molecule has 1 aromatic heterocycles. The number of nitro groups is 1. The molecule has 2 N–H and O–H groups in total. The van der Waals surface area contributed by atoms with Crippen LogP contribution in [0.25, 0.3) is 0 Å². The van der Waals surface area contributed by atoms with Crippen LogP contribution in [0.15, 0.2) is 28.5 Å². The molecule has 0 aliphatic carbocycles. The third kappa shape index (κ3) is 5.60. The van der Waals surface area contributed by atoms with Crippen LogP contribution in [0, 0.1) is 35.7 Å². The molecule has 3 rings (SSSR count). The predicted molar refractivity (Wildman–Crippen MR) is 113 cm³/mol. The molecule has 0 amide bonds. The second kappa shape index (κ2) is 9.12. The molecule has 2 heterocycles. The number of nitrogens with one attached hydrogen (secondary N) is 1. The van der Waals surface area contributed by atoms with Gasteiger partial charge in [-0.3, -0.25) is 19.4 Å². The minimum absolute atomic E-state index is 0.0260. The minimum atomic E-state index is -4.08. The van der Waals surface area contributed by atoms with E-state index in [9.17, 15) is 18.5 Å². The van der Waals surface area contributed by atoms with Crippen LogP contribution in [0.1, 0.15) is 16.7 Å². The molecule has 154 valence electrons. The highest BCUT2D eigenvalue weighted by atomic mass is 32.2. The summed E-state index contributed by atoms with van der Waals surface area (Å²) in [5, 5.41) is 13.2. The third-order valence-electron chi connectivity index (χ3n) is 4.19. The molecule has 0 radical (unpaired) electrons. The topological polar surface area (TPSA) is 125 Å². The lowest BCUT2D eigenvalue weighted by Crippen LogP contribution is -2.37. The summed E-state index contributed by atoms with van der Waals surface area (Å²) in [7, 11) is -4.33. The molecule has 1 aliphatic rings. The van der Waals surface area contributed by atoms with Crippen molar-refractivity contribution in [1.29, 1.82) is 4.78 Å². The van der Waals surface area contributed by atoms with E-state index in [0.29, 0.717) is 11.1 Å². The zero-order chi connectivity index (χ0) is 21.1. The molecule has 0 saturated carbocycles. The largest absolute Gasteiger partial charge is 0.356 e. The van der Waals surface area contributed by atoms with E-state index in [-0.39, 0.29) is 26.2 Å². The van der Waals surface area contributed by atoms with E-state index in [1.54, 1.807) is 37.4 Å². The van der Waals surface area contributed by atoms with Crippen molar-refractivity contribution in [2.75, 3.05) is 29.5 Å². The molecule has 11 heteroatoms. The Morgan fingerprint density at radius 2 is 1.75 bits per heavy atom. The Morgan fingerprint density at radius 1 is 1.21 bits per heavy atom. The number of hydrogen-bond acceptors (Lipinski definition) is 7. The number of thiophene rings is 1. The lowest BCUT2D eigenvalue weighted by atomic mass is 10.1. The van der Waals surface area contributed by atoms with Crippen molar-refractivity contribution >= 4 is 42.8 Å². The normalized spacial score (nSPS) is 15.1. The lowest BCUT2D eigenvalue weighted by molar-refractivity contribution is -0.383. The Hall–Kier alpha value is -1.82. The van der Waals surface area contributed by atoms with Gasteiger partial charge in [0, 0.05) is 30.7 Å². The van der Waals surface area contributed by atoms with Crippen molar-refractivity contribution in [2.24, 2.45) is 0 Å². The first-order valence-corrected chi connectivity index (χ1v) is 12.3. The number of anilines is 1. The summed E-state index contributed by atoms with van der Waals surface area (Å²) in [6.45, 7) is 6.77. The Bertz CT molecular complexity index is 968. The molecule has 0 unspecified atom stereocenters. The highest BCUT2D eigenvalue weighted by Crippen LogP contribution is 2.34. The molecule has 0 spiro atoms. The predicted octanol–water partition coefficient (Wildman–Crippen LogP) is 3.72. The van der Waals surface area contributed by atoms with E-state index < -0.39 is 10.1 Å². The first-order chi connectivity index (χ1) is 13.0. The van der Waals surface area contributed by atoms with Gasteiger partial charge < -0.3 is 4.90 Å². The van der Waals surface area contributed by atoms with Crippen molar-refractivity contribution in [3.8, 4) is 0 Å². The fourth-order valence-electron chi connectivity index (χ4n) is 3.10. The van der Waals surface area contributed by atoms with E-state index in [0.717, 1.165) is 35.2 Å². The Labute approximate surface area is 171 Å². The molecule has 2 aromatic rings. The molecular weight excluding hydrogens is 422 g/mol. The van der Waals surface area contributed by atoms with Gasteiger partial charge in [0.2, 0.25) is 0 Å². The summed E-state index contributed by atoms with van der Waals surface area (Å²) >= 11 is 1.41. The molecule has 0 bridgehead atoms.